The summed E-state index contributed by atoms with van der Waals surface area (Å²) in [4.78, 5) is 11.8. The van der Waals surface area contributed by atoms with Crippen molar-refractivity contribution in [3.63, 3.8) is 0 Å². The van der Waals surface area contributed by atoms with Gasteiger partial charge in [0.2, 0.25) is 16.8 Å². The second-order valence-corrected chi connectivity index (χ2v) is 6.42. The van der Waals surface area contributed by atoms with Crippen molar-refractivity contribution in [2.75, 3.05) is 4.72 Å². The van der Waals surface area contributed by atoms with Crippen molar-refractivity contribution in [2.24, 2.45) is 0 Å². The molecule has 0 aliphatic heterocycles. The lowest BCUT2D eigenvalue weighted by atomic mass is 10.3. The number of nitrogens with one attached hydrogen (secondary N) is 1. The second kappa shape index (κ2) is 5.47. The lowest BCUT2D eigenvalue weighted by Gasteiger charge is -2.05. The van der Waals surface area contributed by atoms with Crippen LogP contribution in [-0.4, -0.2) is 28.5 Å². The van der Waals surface area contributed by atoms with Gasteiger partial charge in [-0.1, -0.05) is 5.16 Å². The molecule has 1 N–H and O–H groups in total. The lowest BCUT2D eigenvalue weighted by Crippen LogP contribution is -2.15. The fourth-order valence-electron chi connectivity index (χ4n) is 1.91. The summed E-state index contributed by atoms with van der Waals surface area (Å²) in [5.41, 5.74) is 0.662. The number of hydrogen-bond acceptors (Lipinski definition) is 8. The fourth-order valence-corrected chi connectivity index (χ4v) is 2.79. The molecule has 3 aromatic rings. The van der Waals surface area contributed by atoms with Gasteiger partial charge in [0, 0.05) is 6.07 Å². The van der Waals surface area contributed by atoms with Gasteiger partial charge in [-0.15, -0.1) is 0 Å². The van der Waals surface area contributed by atoms with Crippen molar-refractivity contribution < 1.29 is 17.4 Å². The third-order valence-corrected chi connectivity index (χ3v) is 4.00. The number of anilines is 1. The average molecular weight is 335 g/mol. The number of furan rings is 1. The van der Waals surface area contributed by atoms with Crippen LogP contribution in [0.4, 0.5) is 5.95 Å². The normalized spacial score (nSPS) is 11.6. The average Bonchev–Trinajstić information content (AvgIpc) is 3.05. The fraction of sp³-hybridized carbons (Fsp3) is 0.231. The molecule has 0 aliphatic rings. The Morgan fingerprint density at radius 1 is 1.00 bits per heavy atom. The first-order valence-corrected chi connectivity index (χ1v) is 8.07. The predicted octanol–water partition coefficient (Wildman–Crippen LogP) is 1.85. The van der Waals surface area contributed by atoms with Gasteiger partial charge < -0.3 is 8.94 Å². The maximum Gasteiger partial charge on any atom is 0.297 e. The van der Waals surface area contributed by atoms with Gasteiger partial charge in [-0.25, -0.2) is 9.71 Å². The van der Waals surface area contributed by atoms with E-state index in [0.29, 0.717) is 23.1 Å². The molecule has 23 heavy (non-hydrogen) atoms. The second-order valence-electron chi connectivity index (χ2n) is 4.81. The molecule has 0 atom stereocenters. The smallest absolute Gasteiger partial charge is 0.297 e. The third kappa shape index (κ3) is 3.21. The Hall–Kier alpha value is -2.75. The van der Waals surface area contributed by atoms with Gasteiger partial charge in [0.25, 0.3) is 10.0 Å². The summed E-state index contributed by atoms with van der Waals surface area (Å²) >= 11 is 0. The minimum Gasteiger partial charge on any atom is -0.439 e. The highest BCUT2D eigenvalue weighted by molar-refractivity contribution is 7.92. The molecule has 0 radical (unpaired) electrons. The summed E-state index contributed by atoms with van der Waals surface area (Å²) in [6.45, 7) is 5.04. The van der Waals surface area contributed by atoms with Gasteiger partial charge in [0.1, 0.15) is 11.6 Å². The van der Waals surface area contributed by atoms with Crippen molar-refractivity contribution in [3.8, 4) is 11.5 Å². The van der Waals surface area contributed by atoms with Gasteiger partial charge in [-0.2, -0.15) is 18.4 Å². The van der Waals surface area contributed by atoms with Crippen LogP contribution in [0.3, 0.4) is 0 Å². The molecule has 0 unspecified atom stereocenters. The molecule has 0 aromatic carbocycles. The van der Waals surface area contributed by atoms with E-state index < -0.39 is 10.0 Å². The number of rotatable bonds is 4. The standard InChI is InChI=1S/C13H13N5O4S/c1-7-6-11(22-17-7)10-4-5-12(21-10)23(19,20)18-13-15-8(2)14-9(3)16-13/h4-6H,1-3H3,(H,14,15,16,18). The van der Waals surface area contributed by atoms with Gasteiger partial charge in [0.15, 0.2) is 5.76 Å². The van der Waals surface area contributed by atoms with Crippen LogP contribution >= 0.6 is 0 Å². The van der Waals surface area contributed by atoms with E-state index in [1.807, 2.05) is 0 Å². The zero-order valence-electron chi connectivity index (χ0n) is 12.6. The number of hydrogen-bond donors (Lipinski definition) is 1. The van der Waals surface area contributed by atoms with E-state index in [4.69, 9.17) is 8.94 Å². The van der Waals surface area contributed by atoms with Crippen molar-refractivity contribution in [1.82, 2.24) is 20.1 Å². The molecule has 0 saturated heterocycles. The van der Waals surface area contributed by atoms with Crippen molar-refractivity contribution in [1.29, 1.82) is 0 Å². The molecule has 0 amide bonds. The molecule has 120 valence electrons. The minimum absolute atomic E-state index is 0.0662. The molecule has 0 aliphatic carbocycles. The van der Waals surface area contributed by atoms with Crippen LogP contribution in [-0.2, 0) is 10.0 Å². The number of aryl methyl sites for hydroxylation is 3. The molecule has 3 aromatic heterocycles. The summed E-state index contributed by atoms with van der Waals surface area (Å²) in [5.74, 6) is 1.35. The maximum absolute atomic E-state index is 12.3. The van der Waals surface area contributed by atoms with E-state index >= 15 is 0 Å². The first kappa shape index (κ1) is 15.2. The van der Waals surface area contributed by atoms with E-state index in [2.05, 4.69) is 24.8 Å². The van der Waals surface area contributed by atoms with Crippen molar-refractivity contribution in [2.45, 2.75) is 25.9 Å². The summed E-state index contributed by atoms with van der Waals surface area (Å²) in [6, 6.07) is 4.44. The Labute approximate surface area is 131 Å². The van der Waals surface area contributed by atoms with Crippen LogP contribution in [0.5, 0.6) is 0 Å². The van der Waals surface area contributed by atoms with Gasteiger partial charge in [0.05, 0.1) is 5.69 Å². The molecule has 0 saturated carbocycles. The number of aromatic nitrogens is 4. The zero-order chi connectivity index (χ0) is 16.6. The quantitative estimate of drug-likeness (QED) is 0.766. The molecule has 3 heterocycles. The maximum atomic E-state index is 12.3. The minimum atomic E-state index is -3.96. The van der Waals surface area contributed by atoms with Crippen LogP contribution in [0.15, 0.2) is 32.2 Å². The highest BCUT2D eigenvalue weighted by Crippen LogP contribution is 2.25. The van der Waals surface area contributed by atoms with E-state index in [0.717, 1.165) is 0 Å². The van der Waals surface area contributed by atoms with E-state index in [9.17, 15) is 8.42 Å². The van der Waals surface area contributed by atoms with Gasteiger partial charge in [-0.3, -0.25) is 0 Å². The molecular weight excluding hydrogens is 322 g/mol. The highest BCUT2D eigenvalue weighted by atomic mass is 32.2. The monoisotopic (exact) mass is 335 g/mol. The first-order valence-electron chi connectivity index (χ1n) is 6.59. The van der Waals surface area contributed by atoms with Crippen LogP contribution in [0, 0.1) is 20.8 Å². The van der Waals surface area contributed by atoms with Crippen LogP contribution in [0.2, 0.25) is 0 Å². The Bertz CT molecular complexity index is 940. The highest BCUT2D eigenvalue weighted by Gasteiger charge is 2.22. The van der Waals surface area contributed by atoms with Gasteiger partial charge >= 0.3 is 0 Å². The molecular formula is C13H13N5O4S. The molecule has 10 heteroatoms. The third-order valence-electron chi connectivity index (χ3n) is 2.80. The molecule has 0 fully saturated rings. The Kier molecular flexibility index (Phi) is 3.60. The van der Waals surface area contributed by atoms with E-state index in [1.165, 1.54) is 12.1 Å². The zero-order valence-corrected chi connectivity index (χ0v) is 13.4. The SMILES string of the molecule is Cc1cc(-c2ccc(S(=O)(=O)Nc3nc(C)nc(C)n3)o2)on1. The van der Waals surface area contributed by atoms with E-state index in [1.54, 1.807) is 26.8 Å². The summed E-state index contributed by atoms with van der Waals surface area (Å²) in [7, 11) is -3.96. The Morgan fingerprint density at radius 3 is 2.30 bits per heavy atom. The summed E-state index contributed by atoms with van der Waals surface area (Å²) in [6.07, 6.45) is 0. The molecule has 3 rings (SSSR count). The Morgan fingerprint density at radius 2 is 1.70 bits per heavy atom. The van der Waals surface area contributed by atoms with Crippen LogP contribution < -0.4 is 4.72 Å². The summed E-state index contributed by atoms with van der Waals surface area (Å²) in [5, 5.41) is 3.44. The number of nitrogens with zero attached hydrogens (tertiary/aromatic N) is 4. The van der Waals surface area contributed by atoms with Crippen LogP contribution in [0.25, 0.3) is 11.5 Å². The predicted molar refractivity (Wildman–Crippen MR) is 79.1 cm³/mol. The van der Waals surface area contributed by atoms with Crippen LogP contribution in [0.1, 0.15) is 17.3 Å². The topological polar surface area (TPSA) is 124 Å². The summed E-state index contributed by atoms with van der Waals surface area (Å²) < 4.78 is 37.3. The van der Waals surface area contributed by atoms with Gasteiger partial charge in [-0.05, 0) is 32.9 Å². The van der Waals surface area contributed by atoms with E-state index in [-0.39, 0.29) is 16.8 Å². The molecule has 0 bridgehead atoms. The van der Waals surface area contributed by atoms with Crippen molar-refractivity contribution in [3.05, 3.63) is 35.5 Å². The lowest BCUT2D eigenvalue weighted by molar-refractivity contribution is 0.398. The first-order chi connectivity index (χ1) is 10.8. The number of sulfonamides is 1. The largest absolute Gasteiger partial charge is 0.439 e. The molecule has 9 nitrogen and oxygen atoms in total. The Balaban J connectivity index is 1.89. The van der Waals surface area contributed by atoms with Crippen molar-refractivity contribution >= 4 is 16.0 Å². The molecule has 0 spiro atoms.